The first-order chi connectivity index (χ1) is 8.16. The zero-order valence-corrected chi connectivity index (χ0v) is 9.77. The second-order valence-electron chi connectivity index (χ2n) is 3.70. The number of benzene rings is 1. The van der Waals surface area contributed by atoms with Crippen LogP contribution >= 0.6 is 11.6 Å². The van der Waals surface area contributed by atoms with E-state index in [1.165, 1.54) is 6.39 Å². The molecule has 86 valence electrons. The largest absolute Gasteiger partial charge is 0.443 e. The summed E-state index contributed by atoms with van der Waals surface area (Å²) in [6, 6.07) is 5.59. The third-order valence-corrected chi connectivity index (χ3v) is 3.10. The Morgan fingerprint density at radius 1 is 1.41 bits per heavy atom. The van der Waals surface area contributed by atoms with Gasteiger partial charge < -0.3 is 14.7 Å². The summed E-state index contributed by atoms with van der Waals surface area (Å²) in [6.07, 6.45) is 1.41. The van der Waals surface area contributed by atoms with Gasteiger partial charge in [-0.3, -0.25) is 0 Å². The molecule has 2 heterocycles. The molecule has 0 saturated carbocycles. The summed E-state index contributed by atoms with van der Waals surface area (Å²) in [4.78, 5) is 8.27. The van der Waals surface area contributed by atoms with Crippen LogP contribution in [0, 0.1) is 0 Å². The average molecular weight is 249 g/mol. The first-order valence-corrected chi connectivity index (χ1v) is 5.36. The molecule has 17 heavy (non-hydrogen) atoms. The zero-order valence-electron chi connectivity index (χ0n) is 9.01. The summed E-state index contributed by atoms with van der Waals surface area (Å²) in [5, 5.41) is 0.501. The molecule has 0 fully saturated rings. The monoisotopic (exact) mass is 248 g/mol. The Balaban J connectivity index is 2.22. The molecular weight excluding hydrogens is 240 g/mol. The Morgan fingerprint density at radius 2 is 2.24 bits per heavy atom. The molecule has 0 unspecified atom stereocenters. The Bertz CT molecular complexity index is 701. The molecule has 0 aliphatic rings. The number of nitrogens with two attached hydrogens (primary N) is 1. The molecule has 2 N–H and O–H groups in total. The first-order valence-electron chi connectivity index (χ1n) is 4.98. The van der Waals surface area contributed by atoms with Crippen molar-refractivity contribution in [2.45, 2.75) is 0 Å². The summed E-state index contributed by atoms with van der Waals surface area (Å²) in [6.45, 7) is 0. The Hall–Kier alpha value is -2.01. The van der Waals surface area contributed by atoms with E-state index < -0.39 is 0 Å². The lowest BCUT2D eigenvalue weighted by molar-refractivity contribution is 0.602. The number of fused-ring (bicyclic) bond motifs is 1. The highest BCUT2D eigenvalue weighted by Gasteiger charge is 2.13. The molecular formula is C11H9ClN4O. The van der Waals surface area contributed by atoms with E-state index in [4.69, 9.17) is 21.8 Å². The predicted octanol–water partition coefficient (Wildman–Crippen LogP) is 2.46. The van der Waals surface area contributed by atoms with Crippen molar-refractivity contribution in [3.05, 3.63) is 29.7 Å². The number of aromatic nitrogens is 3. The van der Waals surface area contributed by atoms with Gasteiger partial charge in [-0.15, -0.1) is 0 Å². The molecule has 3 aromatic rings. The van der Waals surface area contributed by atoms with Crippen molar-refractivity contribution < 1.29 is 4.42 Å². The molecule has 6 heteroatoms. The van der Waals surface area contributed by atoms with E-state index in [0.717, 1.165) is 11.1 Å². The standard InChI is InChI=1S/C11H9ClN4O/c1-16-10(12)9(15-11(16)13)6-2-3-7-8(4-6)17-5-14-7/h2-5H,1H3,(H2,13,15). The molecule has 0 amide bonds. The van der Waals surface area contributed by atoms with Crippen LogP contribution in [0.2, 0.25) is 5.15 Å². The highest BCUT2D eigenvalue weighted by atomic mass is 35.5. The van der Waals surface area contributed by atoms with Gasteiger partial charge in [-0.1, -0.05) is 17.7 Å². The van der Waals surface area contributed by atoms with Crippen LogP contribution in [0.15, 0.2) is 29.0 Å². The smallest absolute Gasteiger partial charge is 0.201 e. The molecule has 0 saturated heterocycles. The van der Waals surface area contributed by atoms with Gasteiger partial charge in [-0.25, -0.2) is 9.97 Å². The number of nitrogens with zero attached hydrogens (tertiary/aromatic N) is 3. The van der Waals surface area contributed by atoms with Crippen molar-refractivity contribution in [1.82, 2.24) is 14.5 Å². The van der Waals surface area contributed by atoms with E-state index in [1.54, 1.807) is 11.6 Å². The summed E-state index contributed by atoms with van der Waals surface area (Å²) >= 11 is 6.15. The van der Waals surface area contributed by atoms with Crippen molar-refractivity contribution >= 4 is 28.6 Å². The molecule has 0 spiro atoms. The average Bonchev–Trinajstić information content (AvgIpc) is 2.89. The molecule has 2 aromatic heterocycles. The minimum Gasteiger partial charge on any atom is -0.443 e. The van der Waals surface area contributed by atoms with Gasteiger partial charge in [0, 0.05) is 12.6 Å². The summed E-state index contributed by atoms with van der Waals surface area (Å²) in [7, 11) is 1.77. The summed E-state index contributed by atoms with van der Waals surface area (Å²) < 4.78 is 6.86. The first kappa shape index (κ1) is 10.2. The van der Waals surface area contributed by atoms with Crippen LogP contribution in [0.5, 0.6) is 0 Å². The van der Waals surface area contributed by atoms with E-state index in [9.17, 15) is 0 Å². The lowest BCUT2D eigenvalue weighted by Gasteiger charge is -1.98. The van der Waals surface area contributed by atoms with Crippen LogP contribution in [-0.4, -0.2) is 14.5 Å². The SMILES string of the molecule is Cn1c(N)nc(-c2ccc3ncoc3c2)c1Cl. The summed E-state index contributed by atoms with van der Waals surface area (Å²) in [5.74, 6) is 0.377. The molecule has 0 radical (unpaired) electrons. The third kappa shape index (κ3) is 1.47. The highest BCUT2D eigenvalue weighted by Crippen LogP contribution is 2.30. The summed E-state index contributed by atoms with van der Waals surface area (Å²) in [5.41, 5.74) is 8.70. The zero-order chi connectivity index (χ0) is 12.0. The van der Waals surface area contributed by atoms with Crippen molar-refractivity contribution in [2.75, 3.05) is 5.73 Å². The molecule has 0 bridgehead atoms. The number of hydrogen-bond donors (Lipinski definition) is 1. The van der Waals surface area contributed by atoms with Gasteiger partial charge in [-0.05, 0) is 12.1 Å². The number of anilines is 1. The quantitative estimate of drug-likeness (QED) is 0.718. The third-order valence-electron chi connectivity index (χ3n) is 2.66. The number of hydrogen-bond acceptors (Lipinski definition) is 4. The lowest BCUT2D eigenvalue weighted by Crippen LogP contribution is -1.96. The van der Waals surface area contributed by atoms with Gasteiger partial charge in [0.2, 0.25) is 5.95 Å². The second kappa shape index (κ2) is 3.49. The number of halogens is 1. The molecule has 1 aromatic carbocycles. The van der Waals surface area contributed by atoms with Crippen LogP contribution in [0.4, 0.5) is 5.95 Å². The van der Waals surface area contributed by atoms with Gasteiger partial charge >= 0.3 is 0 Å². The molecule has 3 rings (SSSR count). The fourth-order valence-electron chi connectivity index (χ4n) is 1.68. The predicted molar refractivity (Wildman–Crippen MR) is 65.6 cm³/mol. The van der Waals surface area contributed by atoms with Crippen LogP contribution in [-0.2, 0) is 7.05 Å². The van der Waals surface area contributed by atoms with Crippen LogP contribution < -0.4 is 5.73 Å². The number of oxazole rings is 1. The van der Waals surface area contributed by atoms with Gasteiger partial charge in [-0.2, -0.15) is 0 Å². The van der Waals surface area contributed by atoms with Gasteiger partial charge in [0.05, 0.1) is 0 Å². The lowest BCUT2D eigenvalue weighted by atomic mass is 10.1. The van der Waals surface area contributed by atoms with E-state index in [2.05, 4.69) is 9.97 Å². The minimum atomic E-state index is 0.377. The maximum Gasteiger partial charge on any atom is 0.201 e. The van der Waals surface area contributed by atoms with E-state index in [0.29, 0.717) is 22.4 Å². The van der Waals surface area contributed by atoms with Crippen LogP contribution in [0.25, 0.3) is 22.4 Å². The number of rotatable bonds is 1. The van der Waals surface area contributed by atoms with E-state index in [1.807, 2.05) is 18.2 Å². The van der Waals surface area contributed by atoms with Gasteiger partial charge in [0.25, 0.3) is 0 Å². The van der Waals surface area contributed by atoms with E-state index in [-0.39, 0.29) is 0 Å². The maximum atomic E-state index is 6.15. The van der Waals surface area contributed by atoms with Crippen molar-refractivity contribution in [3.8, 4) is 11.3 Å². The molecule has 0 aliphatic heterocycles. The fraction of sp³-hybridized carbons (Fsp3) is 0.0909. The van der Waals surface area contributed by atoms with Crippen LogP contribution in [0.3, 0.4) is 0 Å². The minimum absolute atomic E-state index is 0.377. The van der Waals surface area contributed by atoms with Crippen molar-refractivity contribution in [2.24, 2.45) is 7.05 Å². The normalized spacial score (nSPS) is 11.2. The van der Waals surface area contributed by atoms with Gasteiger partial charge in [0.1, 0.15) is 16.4 Å². The molecule has 0 atom stereocenters. The second-order valence-corrected chi connectivity index (χ2v) is 4.06. The van der Waals surface area contributed by atoms with Crippen molar-refractivity contribution in [1.29, 1.82) is 0 Å². The van der Waals surface area contributed by atoms with Crippen molar-refractivity contribution in [3.63, 3.8) is 0 Å². The Labute approximate surface area is 102 Å². The molecule has 5 nitrogen and oxygen atoms in total. The fourth-order valence-corrected chi connectivity index (χ4v) is 1.92. The Morgan fingerprint density at radius 3 is 2.94 bits per heavy atom. The maximum absolute atomic E-state index is 6.15. The number of imidazole rings is 1. The Kier molecular flexibility index (Phi) is 2.09. The molecule has 0 aliphatic carbocycles. The number of nitrogen functional groups attached to an aromatic ring is 1. The highest BCUT2D eigenvalue weighted by molar-refractivity contribution is 6.32. The van der Waals surface area contributed by atoms with Crippen LogP contribution in [0.1, 0.15) is 0 Å². The van der Waals surface area contributed by atoms with E-state index >= 15 is 0 Å². The van der Waals surface area contributed by atoms with Gasteiger partial charge in [0.15, 0.2) is 12.0 Å². The topological polar surface area (TPSA) is 69.9 Å².